The number of anilines is 2. The minimum Gasteiger partial charge on any atom is -0.378 e. The molecule has 0 aromatic heterocycles. The first-order valence-electron chi connectivity index (χ1n) is 18.0. The fourth-order valence-corrected chi connectivity index (χ4v) is 11.0. The number of hydrogen-bond acceptors (Lipinski definition) is 7. The van der Waals surface area contributed by atoms with Gasteiger partial charge in [0.25, 0.3) is 10.2 Å². The topological polar surface area (TPSA) is 87.7 Å². The monoisotopic (exact) mass is 702 g/mol. The second-order valence-corrected chi connectivity index (χ2v) is 18.3. The van der Waals surface area contributed by atoms with Crippen molar-refractivity contribution in [2.45, 2.75) is 63.7 Å². The van der Waals surface area contributed by atoms with Gasteiger partial charge < -0.3 is 14.7 Å². The molecule has 268 valence electrons. The van der Waals surface area contributed by atoms with Crippen LogP contribution in [0.2, 0.25) is 0 Å². The lowest BCUT2D eigenvalue weighted by Gasteiger charge is -2.39. The van der Waals surface area contributed by atoms with Gasteiger partial charge in [0.05, 0.1) is 4.90 Å². The van der Waals surface area contributed by atoms with Crippen molar-refractivity contribution >= 4 is 31.6 Å². The predicted molar refractivity (Wildman–Crippen MR) is 196 cm³/mol. The predicted octanol–water partition coefficient (Wildman–Crippen LogP) is 4.73. The summed E-state index contributed by atoms with van der Waals surface area (Å²) < 4.78 is 61.6. The van der Waals surface area contributed by atoms with Gasteiger partial charge in [-0.05, 0) is 93.4 Å². The Balaban J connectivity index is 1.34. The summed E-state index contributed by atoms with van der Waals surface area (Å²) in [5, 5.41) is 0. The van der Waals surface area contributed by atoms with E-state index in [9.17, 15) is 16.8 Å². The number of aryl methyl sites for hydroxylation is 1. The van der Waals surface area contributed by atoms with Crippen molar-refractivity contribution < 1.29 is 16.8 Å². The van der Waals surface area contributed by atoms with E-state index in [0.29, 0.717) is 45.2 Å². The van der Waals surface area contributed by atoms with E-state index in [0.717, 1.165) is 43.9 Å². The molecule has 0 amide bonds. The molecule has 0 bridgehead atoms. The van der Waals surface area contributed by atoms with Crippen LogP contribution in [0.4, 0.5) is 11.4 Å². The zero-order valence-corrected chi connectivity index (χ0v) is 31.3. The van der Waals surface area contributed by atoms with Gasteiger partial charge in [0.15, 0.2) is 0 Å². The number of rotatable bonds is 8. The average Bonchev–Trinajstić information content (AvgIpc) is 3.07. The largest absolute Gasteiger partial charge is 0.378 e. The van der Waals surface area contributed by atoms with E-state index in [1.54, 1.807) is 25.0 Å². The Morgan fingerprint density at radius 3 is 1.92 bits per heavy atom. The lowest BCUT2D eigenvalue weighted by Crippen LogP contribution is -2.54. The summed E-state index contributed by atoms with van der Waals surface area (Å²) in [7, 11) is -3.63. The lowest BCUT2D eigenvalue weighted by molar-refractivity contribution is 0.179. The first-order valence-corrected chi connectivity index (χ1v) is 20.8. The Labute approximate surface area is 290 Å². The summed E-state index contributed by atoms with van der Waals surface area (Å²) in [6.45, 7) is 10.3. The minimum absolute atomic E-state index is 0.179. The van der Waals surface area contributed by atoms with Crippen molar-refractivity contribution in [2.24, 2.45) is 11.8 Å². The second kappa shape index (κ2) is 16.7. The Morgan fingerprint density at radius 1 is 0.688 bits per heavy atom. The molecule has 12 heteroatoms. The number of hydrogen-bond donors (Lipinski definition) is 0. The molecule has 2 aromatic carbocycles. The third-order valence-electron chi connectivity index (χ3n) is 10.4. The van der Waals surface area contributed by atoms with Crippen LogP contribution in [0.3, 0.4) is 0 Å². The van der Waals surface area contributed by atoms with E-state index in [1.165, 1.54) is 37.7 Å². The molecule has 2 aromatic rings. The third kappa shape index (κ3) is 9.31. The summed E-state index contributed by atoms with van der Waals surface area (Å²) >= 11 is 0. The van der Waals surface area contributed by atoms with Gasteiger partial charge in [-0.15, -0.1) is 0 Å². The van der Waals surface area contributed by atoms with Gasteiger partial charge >= 0.3 is 0 Å². The highest BCUT2D eigenvalue weighted by Crippen LogP contribution is 2.27. The van der Waals surface area contributed by atoms with E-state index in [4.69, 9.17) is 0 Å². The standard InChI is InChI=1S/C36H58N6O4S2/c1-31-28-41(47(43,44)35-18-16-34(17-19-35)37(3)4)22-10-20-38(30-33-13-6-5-7-14-33)21-11-23-42(29-31)48(45,46)40-26-24-39(25-27-40)36-15-9-8-12-32(36)2/h8-9,12,15-19,31,33H,5-7,10-11,13-14,20-30H2,1-4H3/t31-/m0/s1. The maximum atomic E-state index is 14.3. The second-order valence-electron chi connectivity index (χ2n) is 14.4. The highest BCUT2D eigenvalue weighted by Gasteiger charge is 2.35. The molecule has 2 saturated heterocycles. The zero-order chi connectivity index (χ0) is 34.3. The van der Waals surface area contributed by atoms with Gasteiger partial charge in [-0.3, -0.25) is 0 Å². The Bertz CT molecular complexity index is 1520. The lowest BCUT2D eigenvalue weighted by atomic mass is 9.89. The van der Waals surface area contributed by atoms with Crippen LogP contribution in [0.15, 0.2) is 53.4 Å². The van der Waals surface area contributed by atoms with Crippen LogP contribution in [-0.2, 0) is 20.2 Å². The molecule has 0 spiro atoms. The van der Waals surface area contributed by atoms with Crippen LogP contribution in [0.5, 0.6) is 0 Å². The van der Waals surface area contributed by atoms with E-state index < -0.39 is 20.2 Å². The van der Waals surface area contributed by atoms with Gasteiger partial charge in [0.1, 0.15) is 0 Å². The zero-order valence-electron chi connectivity index (χ0n) is 29.6. The molecular weight excluding hydrogens is 645 g/mol. The normalized spacial score (nSPS) is 23.0. The molecule has 1 saturated carbocycles. The molecule has 1 aliphatic carbocycles. The number of benzene rings is 2. The molecular formula is C36H58N6O4S2. The third-order valence-corrected chi connectivity index (χ3v) is 14.3. The van der Waals surface area contributed by atoms with E-state index in [-0.39, 0.29) is 23.9 Å². The average molecular weight is 703 g/mol. The Hall–Kier alpha value is -2.22. The van der Waals surface area contributed by atoms with E-state index in [2.05, 4.69) is 28.9 Å². The van der Waals surface area contributed by atoms with Crippen molar-refractivity contribution in [1.29, 1.82) is 0 Å². The molecule has 3 aliphatic rings. The van der Waals surface area contributed by atoms with Crippen molar-refractivity contribution in [3.63, 3.8) is 0 Å². The summed E-state index contributed by atoms with van der Waals surface area (Å²) in [5.74, 6) is 0.479. The minimum atomic E-state index is -3.77. The molecule has 2 aliphatic heterocycles. The van der Waals surface area contributed by atoms with Crippen LogP contribution < -0.4 is 9.80 Å². The van der Waals surface area contributed by atoms with Gasteiger partial charge in [-0.2, -0.15) is 21.3 Å². The first kappa shape index (κ1) is 37.0. The number of sulfonamides is 1. The number of nitrogens with zero attached hydrogens (tertiary/aromatic N) is 6. The van der Waals surface area contributed by atoms with Crippen molar-refractivity contribution in [3.8, 4) is 0 Å². The van der Waals surface area contributed by atoms with Crippen LogP contribution >= 0.6 is 0 Å². The molecule has 48 heavy (non-hydrogen) atoms. The molecule has 1 atom stereocenters. The number of para-hydroxylation sites is 1. The van der Waals surface area contributed by atoms with Gasteiger partial charge in [0.2, 0.25) is 10.0 Å². The highest BCUT2D eigenvalue weighted by molar-refractivity contribution is 7.89. The summed E-state index contributed by atoms with van der Waals surface area (Å²) in [6, 6.07) is 15.3. The van der Waals surface area contributed by atoms with E-state index >= 15 is 0 Å². The van der Waals surface area contributed by atoms with Crippen LogP contribution in [0.1, 0.15) is 57.4 Å². The smallest absolute Gasteiger partial charge is 0.282 e. The maximum Gasteiger partial charge on any atom is 0.282 e. The molecule has 0 unspecified atom stereocenters. The van der Waals surface area contributed by atoms with Crippen molar-refractivity contribution in [3.05, 3.63) is 54.1 Å². The molecule has 5 rings (SSSR count). The van der Waals surface area contributed by atoms with Crippen molar-refractivity contribution in [2.75, 3.05) is 95.9 Å². The fraction of sp³-hybridized carbons (Fsp3) is 0.667. The molecule has 3 fully saturated rings. The Morgan fingerprint density at radius 2 is 1.29 bits per heavy atom. The quantitative estimate of drug-likeness (QED) is 0.393. The molecule has 2 heterocycles. The molecule has 0 N–H and O–H groups in total. The summed E-state index contributed by atoms with van der Waals surface area (Å²) in [6.07, 6.45) is 7.86. The van der Waals surface area contributed by atoms with Gasteiger partial charge in [-0.25, -0.2) is 8.42 Å². The Kier molecular flexibility index (Phi) is 12.9. The SMILES string of the molecule is Cc1ccccc1N1CCN(S(=O)(=O)N2CCCN(CC3CCCCC3)CCCN(S(=O)(=O)c3ccc(N(C)C)cc3)C[C@H](C)C2)CC1. The molecule has 10 nitrogen and oxygen atoms in total. The van der Waals surface area contributed by atoms with Crippen molar-refractivity contribution in [1.82, 2.24) is 17.8 Å². The number of piperazine rings is 1. The van der Waals surface area contributed by atoms with E-state index in [1.807, 2.05) is 50.2 Å². The highest BCUT2D eigenvalue weighted by atomic mass is 32.2. The van der Waals surface area contributed by atoms with Gasteiger partial charge in [-0.1, -0.05) is 44.4 Å². The maximum absolute atomic E-state index is 14.3. The van der Waals surface area contributed by atoms with Gasteiger partial charge in [0, 0.05) is 84.4 Å². The fourth-order valence-electron chi connectivity index (χ4n) is 7.64. The molecule has 0 radical (unpaired) electrons. The first-order chi connectivity index (χ1) is 22.9. The van der Waals surface area contributed by atoms with Crippen LogP contribution in [0.25, 0.3) is 0 Å². The summed E-state index contributed by atoms with van der Waals surface area (Å²) in [4.78, 5) is 6.98. The summed E-state index contributed by atoms with van der Waals surface area (Å²) in [5.41, 5.74) is 3.29. The van der Waals surface area contributed by atoms with Crippen LogP contribution in [-0.4, -0.2) is 121 Å². The van der Waals surface area contributed by atoms with Crippen LogP contribution in [0, 0.1) is 18.8 Å².